The van der Waals surface area contributed by atoms with Crippen molar-refractivity contribution in [3.05, 3.63) is 104 Å². The second-order valence-electron chi connectivity index (χ2n) is 8.36. The van der Waals surface area contributed by atoms with Gasteiger partial charge in [0.15, 0.2) is 0 Å². The zero-order valence-corrected chi connectivity index (χ0v) is 24.5. The van der Waals surface area contributed by atoms with Crippen molar-refractivity contribution in [3.63, 3.8) is 0 Å². The highest BCUT2D eigenvalue weighted by atomic mass is 35.7. The Morgan fingerprint density at radius 3 is 1.25 bits per heavy atom. The minimum Gasteiger partial charge on any atom is -0.207 e. The van der Waals surface area contributed by atoms with Gasteiger partial charge in [0.05, 0.1) is 9.79 Å². The summed E-state index contributed by atoms with van der Waals surface area (Å²) in [4.78, 5) is 2.15. The molecule has 2 atom stereocenters. The Hall–Kier alpha value is -1.68. The molecular weight excluding hydrogens is 575 g/mol. The first-order chi connectivity index (χ1) is 17.0. The average Bonchev–Trinajstić information content (AvgIpc) is 3.51. The molecule has 4 nitrogen and oxygen atoms in total. The molecule has 2 unspecified atom stereocenters. The fraction of sp³-hybridized carbons (Fsp3) is 0.231. The van der Waals surface area contributed by atoms with Crippen molar-refractivity contribution in [3.8, 4) is 0 Å². The second-order valence-corrected chi connectivity index (χ2v) is 15.3. The summed E-state index contributed by atoms with van der Waals surface area (Å²) in [5.74, 6) is 0.270. The van der Waals surface area contributed by atoms with Crippen LogP contribution in [0.1, 0.15) is 46.6 Å². The molecule has 0 aliphatic rings. The Morgan fingerprint density at radius 1 is 0.611 bits per heavy atom. The Labute approximate surface area is 230 Å². The molecular formula is C26H26Cl2O4S4. The molecule has 4 aromatic rings. The SMILES string of the molecule is CC(Cc1ccccc1)c1sccc1S(=O)(=O)Cl.CC(Cc1ccccc1)c1sccc1S(=O)(=O)Cl. The standard InChI is InChI=1S/2C13H13ClO2S2/c2*1-10(9-11-5-3-2-4-6-11)13-12(7-8-17-13)18(14,15)16/h2*2-8,10H,9H2,1H3. The lowest BCUT2D eigenvalue weighted by Gasteiger charge is -2.11. The molecule has 36 heavy (non-hydrogen) atoms. The summed E-state index contributed by atoms with van der Waals surface area (Å²) in [5, 5.41) is 3.54. The smallest absolute Gasteiger partial charge is 0.207 e. The van der Waals surface area contributed by atoms with Gasteiger partial charge in [0.1, 0.15) is 0 Å². The van der Waals surface area contributed by atoms with Crippen LogP contribution in [-0.2, 0) is 30.9 Å². The van der Waals surface area contributed by atoms with Gasteiger partial charge in [-0.1, -0.05) is 74.5 Å². The van der Waals surface area contributed by atoms with Crippen molar-refractivity contribution >= 4 is 62.1 Å². The predicted octanol–water partition coefficient (Wildman–Crippen LogP) is 8.04. The van der Waals surface area contributed by atoms with Gasteiger partial charge < -0.3 is 0 Å². The Balaban J connectivity index is 0.000000201. The van der Waals surface area contributed by atoms with Gasteiger partial charge in [-0.15, -0.1) is 22.7 Å². The van der Waals surface area contributed by atoms with Crippen LogP contribution in [0, 0.1) is 0 Å². The molecule has 0 amide bonds. The van der Waals surface area contributed by atoms with Crippen molar-refractivity contribution in [2.75, 3.05) is 0 Å². The number of halogens is 2. The van der Waals surface area contributed by atoms with Crippen LogP contribution >= 0.6 is 44.0 Å². The van der Waals surface area contributed by atoms with Gasteiger partial charge in [-0.25, -0.2) is 16.8 Å². The molecule has 192 valence electrons. The van der Waals surface area contributed by atoms with E-state index in [-0.39, 0.29) is 21.6 Å². The highest BCUT2D eigenvalue weighted by Crippen LogP contribution is 2.34. The summed E-state index contributed by atoms with van der Waals surface area (Å²) in [6.07, 6.45) is 1.61. The first kappa shape index (κ1) is 28.9. The first-order valence-electron chi connectivity index (χ1n) is 11.1. The third kappa shape index (κ3) is 8.16. The molecule has 0 bridgehead atoms. The van der Waals surface area contributed by atoms with Gasteiger partial charge in [0.2, 0.25) is 0 Å². The van der Waals surface area contributed by atoms with Gasteiger partial charge in [-0.3, -0.25) is 0 Å². The third-order valence-corrected chi connectivity index (χ3v) is 10.8. The van der Waals surface area contributed by atoms with E-state index < -0.39 is 18.1 Å². The Kier molecular flexibility index (Phi) is 10.2. The van der Waals surface area contributed by atoms with Crippen LogP contribution in [0.3, 0.4) is 0 Å². The van der Waals surface area contributed by atoms with E-state index in [1.54, 1.807) is 22.9 Å². The van der Waals surface area contributed by atoms with Crippen LogP contribution in [0.5, 0.6) is 0 Å². The van der Waals surface area contributed by atoms with E-state index in [9.17, 15) is 16.8 Å². The number of hydrogen-bond acceptors (Lipinski definition) is 6. The molecule has 10 heteroatoms. The molecule has 0 aliphatic carbocycles. The molecule has 0 saturated heterocycles. The molecule has 0 spiro atoms. The zero-order valence-electron chi connectivity index (χ0n) is 19.7. The van der Waals surface area contributed by atoms with E-state index in [4.69, 9.17) is 21.4 Å². The number of thiophene rings is 2. The lowest BCUT2D eigenvalue weighted by Crippen LogP contribution is -2.01. The van der Waals surface area contributed by atoms with E-state index in [1.807, 2.05) is 74.5 Å². The van der Waals surface area contributed by atoms with Crippen molar-refractivity contribution in [1.82, 2.24) is 0 Å². The van der Waals surface area contributed by atoms with E-state index in [0.29, 0.717) is 0 Å². The molecule has 0 radical (unpaired) electrons. The summed E-state index contributed by atoms with van der Waals surface area (Å²) < 4.78 is 45.8. The van der Waals surface area contributed by atoms with Crippen molar-refractivity contribution < 1.29 is 16.8 Å². The molecule has 2 heterocycles. The van der Waals surface area contributed by atoms with Gasteiger partial charge >= 0.3 is 0 Å². The van der Waals surface area contributed by atoms with Crippen LogP contribution in [-0.4, -0.2) is 16.8 Å². The van der Waals surface area contributed by atoms with E-state index >= 15 is 0 Å². The average molecular weight is 602 g/mol. The second kappa shape index (κ2) is 12.7. The fourth-order valence-electron chi connectivity index (χ4n) is 3.86. The molecule has 0 aliphatic heterocycles. The van der Waals surface area contributed by atoms with Crippen LogP contribution in [0.25, 0.3) is 0 Å². The summed E-state index contributed by atoms with van der Waals surface area (Å²) >= 11 is 2.88. The van der Waals surface area contributed by atoms with Gasteiger partial charge in [0, 0.05) is 31.1 Å². The minimum atomic E-state index is -3.64. The van der Waals surface area contributed by atoms with Gasteiger partial charge in [-0.05, 0) is 58.7 Å². The number of rotatable bonds is 8. The highest BCUT2D eigenvalue weighted by molar-refractivity contribution is 8.14. The number of benzene rings is 2. The van der Waals surface area contributed by atoms with E-state index in [1.165, 1.54) is 33.8 Å². The largest absolute Gasteiger partial charge is 0.262 e. The van der Waals surface area contributed by atoms with Crippen LogP contribution < -0.4 is 0 Å². The van der Waals surface area contributed by atoms with Gasteiger partial charge in [-0.2, -0.15) is 0 Å². The van der Waals surface area contributed by atoms with E-state index in [2.05, 4.69) is 0 Å². The van der Waals surface area contributed by atoms with Gasteiger partial charge in [0.25, 0.3) is 18.1 Å². The summed E-state index contributed by atoms with van der Waals surface area (Å²) in [7, 11) is 3.57. The van der Waals surface area contributed by atoms with Crippen molar-refractivity contribution in [1.29, 1.82) is 0 Å². The predicted molar refractivity (Wildman–Crippen MR) is 152 cm³/mol. The first-order valence-corrected chi connectivity index (χ1v) is 17.5. The Morgan fingerprint density at radius 2 is 0.944 bits per heavy atom. The van der Waals surface area contributed by atoms with Crippen molar-refractivity contribution in [2.24, 2.45) is 0 Å². The normalized spacial score (nSPS) is 13.4. The zero-order chi connectivity index (χ0) is 26.3. The van der Waals surface area contributed by atoms with Crippen molar-refractivity contribution in [2.45, 2.75) is 48.3 Å². The number of hydrogen-bond donors (Lipinski definition) is 0. The highest BCUT2D eigenvalue weighted by Gasteiger charge is 2.22. The molecule has 0 fully saturated rings. The maximum absolute atomic E-state index is 11.4. The molecule has 2 aromatic carbocycles. The fourth-order valence-corrected chi connectivity index (χ4v) is 9.11. The summed E-state index contributed by atoms with van der Waals surface area (Å²) in [5.41, 5.74) is 2.38. The minimum absolute atomic E-state index is 0.135. The van der Waals surface area contributed by atoms with Crippen LogP contribution in [0.15, 0.2) is 93.3 Å². The maximum atomic E-state index is 11.4. The lowest BCUT2D eigenvalue weighted by molar-refractivity contribution is 0.606. The molecule has 0 saturated carbocycles. The molecule has 0 N–H and O–H groups in total. The van der Waals surface area contributed by atoms with E-state index in [0.717, 1.165) is 22.6 Å². The monoisotopic (exact) mass is 600 g/mol. The quantitative estimate of drug-likeness (QED) is 0.192. The molecule has 2 aromatic heterocycles. The third-order valence-electron chi connectivity index (χ3n) is 5.50. The summed E-state index contributed by atoms with van der Waals surface area (Å²) in [6, 6.07) is 23.2. The topological polar surface area (TPSA) is 68.3 Å². The molecule has 4 rings (SSSR count). The lowest BCUT2D eigenvalue weighted by atomic mass is 10.00. The summed E-state index contributed by atoms with van der Waals surface area (Å²) in [6.45, 7) is 4.04. The van der Waals surface area contributed by atoms with Crippen LogP contribution in [0.2, 0.25) is 0 Å². The maximum Gasteiger partial charge on any atom is 0.262 e. The van der Waals surface area contributed by atoms with Crippen LogP contribution in [0.4, 0.5) is 0 Å². The Bertz CT molecular complexity index is 1350.